The van der Waals surface area contributed by atoms with E-state index in [9.17, 15) is 9.59 Å². The van der Waals surface area contributed by atoms with Crippen molar-refractivity contribution in [2.45, 2.75) is 64.4 Å². The molecule has 16 nitrogen and oxygen atoms in total. The highest BCUT2D eigenvalue weighted by Gasteiger charge is 2.30. The maximum absolute atomic E-state index is 13.5. The van der Waals surface area contributed by atoms with E-state index in [0.717, 1.165) is 49.2 Å². The van der Waals surface area contributed by atoms with Crippen LogP contribution in [0.5, 0.6) is 23.0 Å². The van der Waals surface area contributed by atoms with Crippen molar-refractivity contribution in [3.05, 3.63) is 152 Å². The topological polar surface area (TPSA) is 176 Å². The molecule has 20 heteroatoms. The first-order chi connectivity index (χ1) is 34.2. The number of thioether (sulfide) groups is 2. The van der Waals surface area contributed by atoms with Crippen LogP contribution in [-0.4, -0.2) is 77.8 Å². The standard InChI is InChI=1S/C50H44N8O8S4/c1-5-61-46(59)44-37(23-63-35-19-11-31(12-20-35)39-27-67-49-53-51-41(57(49)55-39)25-65-33-15-7-29(3)8-16-33)43-38(45(47(60)62-6-2)70-48(43)69-44)24-64-36-21-13-32(14-22-36)40-28-68-50-54-52-42(58(50)56-40)26-66-34-17-9-30(4)10-18-34/h7-22H,5-6,23-28H2,1-4H3. The third kappa shape index (κ3) is 10.2. The molecule has 0 spiro atoms. The van der Waals surface area contributed by atoms with E-state index >= 15 is 0 Å². The zero-order valence-electron chi connectivity index (χ0n) is 38.4. The second kappa shape index (κ2) is 20.9. The third-order valence-electron chi connectivity index (χ3n) is 11.1. The molecule has 4 aromatic carbocycles. The van der Waals surface area contributed by atoms with Gasteiger partial charge in [0, 0.05) is 28.0 Å². The van der Waals surface area contributed by atoms with Crippen LogP contribution in [0.2, 0.25) is 0 Å². The lowest BCUT2D eigenvalue weighted by molar-refractivity contribution is 0.0520. The maximum atomic E-state index is 13.5. The Labute approximate surface area is 418 Å². The highest BCUT2D eigenvalue weighted by atomic mass is 32.2. The van der Waals surface area contributed by atoms with Crippen molar-refractivity contribution >= 4 is 79.0 Å². The second-order valence-electron chi connectivity index (χ2n) is 15.8. The Morgan fingerprint density at radius 1 is 0.514 bits per heavy atom. The average Bonchev–Trinajstić information content (AvgIpc) is 4.17. The predicted molar refractivity (Wildman–Crippen MR) is 270 cm³/mol. The Morgan fingerprint density at radius 2 is 0.886 bits per heavy atom. The number of aromatic nitrogens is 6. The minimum atomic E-state index is -0.469. The Hall–Kier alpha value is -7.00. The van der Waals surface area contributed by atoms with Crippen LogP contribution >= 0.6 is 46.2 Å². The molecule has 0 bridgehead atoms. The van der Waals surface area contributed by atoms with E-state index in [4.69, 9.17) is 38.6 Å². The van der Waals surface area contributed by atoms with Crippen LogP contribution in [0.1, 0.15) is 78.2 Å². The summed E-state index contributed by atoms with van der Waals surface area (Å²) in [6.45, 7) is 8.45. The molecule has 0 N–H and O–H groups in total. The van der Waals surface area contributed by atoms with Crippen LogP contribution in [0.25, 0.3) is 9.40 Å². The number of benzene rings is 4. The predicted octanol–water partition coefficient (Wildman–Crippen LogP) is 10.1. The van der Waals surface area contributed by atoms with Gasteiger partial charge < -0.3 is 28.4 Å². The number of aryl methyl sites for hydroxylation is 2. The van der Waals surface area contributed by atoms with Crippen LogP contribution in [0, 0.1) is 13.8 Å². The van der Waals surface area contributed by atoms with Gasteiger partial charge in [-0.1, -0.05) is 58.9 Å². The molecule has 0 aliphatic carbocycles. The molecule has 8 aromatic rings. The number of rotatable bonds is 18. The lowest BCUT2D eigenvalue weighted by Crippen LogP contribution is -2.15. The number of thiophene rings is 2. The lowest BCUT2D eigenvalue weighted by Gasteiger charge is -2.15. The summed E-state index contributed by atoms with van der Waals surface area (Å²) < 4.78 is 40.0. The van der Waals surface area contributed by atoms with E-state index in [0.29, 0.717) is 71.2 Å². The number of nitrogens with zero attached hydrogens (tertiary/aromatic N) is 8. The van der Waals surface area contributed by atoms with E-state index < -0.39 is 11.9 Å². The maximum Gasteiger partial charge on any atom is 0.348 e. The monoisotopic (exact) mass is 1010 g/mol. The number of hydrogen-bond donors (Lipinski definition) is 0. The molecule has 2 aliphatic rings. The number of hydrogen-bond acceptors (Lipinski definition) is 18. The highest BCUT2D eigenvalue weighted by Crippen LogP contribution is 2.43. The molecule has 0 radical (unpaired) electrons. The lowest BCUT2D eigenvalue weighted by atomic mass is 10.1. The number of esters is 2. The molecule has 356 valence electrons. The van der Waals surface area contributed by atoms with E-state index in [1.807, 2.05) is 111 Å². The minimum absolute atomic E-state index is 0.0213. The average molecular weight is 1010 g/mol. The van der Waals surface area contributed by atoms with Crippen LogP contribution in [0.15, 0.2) is 118 Å². The van der Waals surface area contributed by atoms with E-state index in [-0.39, 0.29) is 39.6 Å². The van der Waals surface area contributed by atoms with Crippen molar-refractivity contribution in [1.82, 2.24) is 29.7 Å². The van der Waals surface area contributed by atoms with Gasteiger partial charge in [-0.25, -0.2) is 9.59 Å². The fourth-order valence-electron chi connectivity index (χ4n) is 7.45. The Kier molecular flexibility index (Phi) is 14.0. The van der Waals surface area contributed by atoms with Crippen molar-refractivity contribution in [2.24, 2.45) is 10.2 Å². The summed E-state index contributed by atoms with van der Waals surface area (Å²) in [5.74, 6) is 4.09. The van der Waals surface area contributed by atoms with E-state index in [1.54, 1.807) is 46.7 Å². The van der Waals surface area contributed by atoms with Gasteiger partial charge >= 0.3 is 11.9 Å². The Balaban J connectivity index is 0.858. The third-order valence-corrected chi connectivity index (χ3v) is 15.4. The van der Waals surface area contributed by atoms with E-state index in [1.165, 1.54) is 22.7 Å². The van der Waals surface area contributed by atoms with Crippen LogP contribution < -0.4 is 18.9 Å². The molecule has 0 saturated carbocycles. The number of carbonyl (C=O) groups is 2. The second-order valence-corrected chi connectivity index (χ2v) is 20.0. The van der Waals surface area contributed by atoms with Crippen molar-refractivity contribution < 1.29 is 38.0 Å². The first-order valence-electron chi connectivity index (χ1n) is 22.3. The Morgan fingerprint density at radius 3 is 1.27 bits per heavy atom. The normalized spacial score (nSPS) is 13.0. The largest absolute Gasteiger partial charge is 0.489 e. The van der Waals surface area contributed by atoms with Gasteiger partial charge in [0.05, 0.1) is 28.7 Å². The van der Waals surface area contributed by atoms with Crippen LogP contribution in [0.4, 0.5) is 0 Å². The molecule has 4 aromatic heterocycles. The molecule has 70 heavy (non-hydrogen) atoms. The molecule has 0 fully saturated rings. The van der Waals surface area contributed by atoms with E-state index in [2.05, 4.69) is 20.4 Å². The van der Waals surface area contributed by atoms with Crippen molar-refractivity contribution in [3.63, 3.8) is 0 Å². The SMILES string of the molecule is CCOC(=O)c1sc2sc(C(=O)OCC)c(COc3ccc(C4=Nn5c(COc6ccc(C)cc6)nnc5SC4)cc3)c2c1COc1ccc(C2=Nn3c(COc4ccc(C)cc4)nnc3SC2)cc1. The quantitative estimate of drug-likeness (QED) is 0.0742. The Bertz CT molecular complexity index is 3040. The fraction of sp³-hybridized carbons (Fsp3) is 0.240. The summed E-state index contributed by atoms with van der Waals surface area (Å²) in [6, 6.07) is 30.9. The number of carbonyl (C=O) groups excluding carboxylic acids is 2. The zero-order chi connectivity index (χ0) is 48.1. The number of ether oxygens (including phenoxy) is 6. The molecule has 2 aliphatic heterocycles. The van der Waals surface area contributed by atoms with Gasteiger partial charge in [-0.15, -0.1) is 43.1 Å². The highest BCUT2D eigenvalue weighted by molar-refractivity contribution is 8.00. The first-order valence-corrected chi connectivity index (χ1v) is 25.9. The summed E-state index contributed by atoms with van der Waals surface area (Å²) in [5.41, 5.74) is 6.99. The van der Waals surface area contributed by atoms with Gasteiger partial charge in [0.1, 0.15) is 59.2 Å². The minimum Gasteiger partial charge on any atom is -0.489 e. The molecular formula is C50H44N8O8S4. The molecule has 0 saturated heterocycles. The summed E-state index contributed by atoms with van der Waals surface area (Å²) in [7, 11) is 0. The van der Waals surface area contributed by atoms with Gasteiger partial charge in [0.2, 0.25) is 10.3 Å². The molecule has 0 atom stereocenters. The van der Waals surface area contributed by atoms with Gasteiger partial charge in [0.25, 0.3) is 0 Å². The van der Waals surface area contributed by atoms with Crippen molar-refractivity contribution in [3.8, 4) is 23.0 Å². The van der Waals surface area contributed by atoms with Crippen molar-refractivity contribution in [1.29, 1.82) is 0 Å². The molecule has 10 rings (SSSR count). The molecule has 0 amide bonds. The molecule has 6 heterocycles. The smallest absolute Gasteiger partial charge is 0.348 e. The van der Waals surface area contributed by atoms with Gasteiger partial charge in [-0.3, -0.25) is 0 Å². The van der Waals surface area contributed by atoms with Crippen molar-refractivity contribution in [2.75, 3.05) is 24.7 Å². The van der Waals surface area contributed by atoms with Gasteiger partial charge in [0.15, 0.2) is 11.6 Å². The first kappa shape index (κ1) is 46.7. The van der Waals surface area contributed by atoms with Crippen LogP contribution in [-0.2, 0) is 35.9 Å². The summed E-state index contributed by atoms with van der Waals surface area (Å²) in [5, 5.41) is 29.1. The molecule has 0 unspecified atom stereocenters. The fourth-order valence-corrected chi connectivity index (χ4v) is 11.7. The molecular weight excluding hydrogens is 969 g/mol. The zero-order valence-corrected chi connectivity index (χ0v) is 41.6. The van der Waals surface area contributed by atoms with Gasteiger partial charge in [-0.2, -0.15) is 19.6 Å². The van der Waals surface area contributed by atoms with Crippen LogP contribution in [0.3, 0.4) is 0 Å². The van der Waals surface area contributed by atoms with Gasteiger partial charge in [-0.05, 0) is 112 Å². The summed E-state index contributed by atoms with van der Waals surface area (Å²) in [4.78, 5) is 27.8. The summed E-state index contributed by atoms with van der Waals surface area (Å²) >= 11 is 5.62. The summed E-state index contributed by atoms with van der Waals surface area (Å²) in [6.07, 6.45) is 0. The number of fused-ring (bicyclic) bond motifs is 3.